The second kappa shape index (κ2) is 7.42. The number of nitrogens with zero attached hydrogens (tertiary/aromatic N) is 3. The molecule has 8 heteroatoms. The fourth-order valence-electron chi connectivity index (χ4n) is 5.34. The summed E-state index contributed by atoms with van der Waals surface area (Å²) < 4.78 is 60.1. The van der Waals surface area contributed by atoms with E-state index in [1.54, 1.807) is 36.9 Å². The van der Waals surface area contributed by atoms with Crippen molar-refractivity contribution in [2.75, 3.05) is 0 Å². The van der Waals surface area contributed by atoms with E-state index in [2.05, 4.69) is 4.98 Å². The molecule has 2 aliphatic rings. The standard InChI is InChI=1S/C25H21F4N3O/c1-12-31-11-21(32(12)2)17-4-3-15(19-9-25(28,29)24(33)23(17)19)16-5-6-20(27)18-8-14(26)7-13(10-30)22(16)18/h3-4,7-8,11,16,20,24,33H,5-6,9H2,1-2H3/t16-,20+,24+/m1/s1. The van der Waals surface area contributed by atoms with E-state index >= 15 is 0 Å². The van der Waals surface area contributed by atoms with Crippen molar-refractivity contribution in [3.8, 4) is 17.3 Å². The minimum absolute atomic E-state index is 0.00254. The van der Waals surface area contributed by atoms with E-state index < -0.39 is 36.4 Å². The van der Waals surface area contributed by atoms with Crippen LogP contribution in [0.2, 0.25) is 0 Å². The highest BCUT2D eigenvalue weighted by Crippen LogP contribution is 2.53. The molecule has 3 atom stereocenters. The minimum atomic E-state index is -3.37. The Morgan fingerprint density at radius 1 is 1.18 bits per heavy atom. The van der Waals surface area contributed by atoms with Crippen LogP contribution in [-0.2, 0) is 13.5 Å². The van der Waals surface area contributed by atoms with E-state index in [1.165, 1.54) is 0 Å². The Morgan fingerprint density at radius 3 is 2.61 bits per heavy atom. The minimum Gasteiger partial charge on any atom is -0.382 e. The van der Waals surface area contributed by atoms with Crippen LogP contribution in [0.15, 0.2) is 30.5 Å². The number of imidazole rings is 1. The van der Waals surface area contributed by atoms with Crippen LogP contribution < -0.4 is 0 Å². The van der Waals surface area contributed by atoms with Crippen LogP contribution in [0.1, 0.15) is 70.2 Å². The number of fused-ring (bicyclic) bond motifs is 2. The van der Waals surface area contributed by atoms with Crippen molar-refractivity contribution >= 4 is 0 Å². The number of hydrogen-bond donors (Lipinski definition) is 1. The molecule has 170 valence electrons. The first kappa shape index (κ1) is 21.7. The number of hydrogen-bond acceptors (Lipinski definition) is 3. The molecule has 2 aliphatic carbocycles. The van der Waals surface area contributed by atoms with Crippen LogP contribution in [-0.4, -0.2) is 20.6 Å². The van der Waals surface area contributed by atoms with Crippen molar-refractivity contribution < 1.29 is 22.7 Å². The van der Waals surface area contributed by atoms with Gasteiger partial charge in [-0.05, 0) is 59.7 Å². The maximum Gasteiger partial charge on any atom is 0.281 e. The summed E-state index contributed by atoms with van der Waals surface area (Å²) in [5, 5.41) is 20.2. The fraction of sp³-hybridized carbons (Fsp3) is 0.360. The van der Waals surface area contributed by atoms with E-state index in [0.29, 0.717) is 33.8 Å². The molecule has 0 unspecified atom stereocenters. The van der Waals surface area contributed by atoms with Gasteiger partial charge in [0.15, 0.2) is 0 Å². The van der Waals surface area contributed by atoms with Gasteiger partial charge in [0, 0.05) is 24.9 Å². The zero-order valence-electron chi connectivity index (χ0n) is 18.0. The van der Waals surface area contributed by atoms with Crippen LogP contribution >= 0.6 is 0 Å². The third-order valence-corrected chi connectivity index (χ3v) is 7.04. The van der Waals surface area contributed by atoms with Crippen LogP contribution in [0.25, 0.3) is 11.3 Å². The number of aliphatic hydroxyl groups is 1. The van der Waals surface area contributed by atoms with Gasteiger partial charge in [0.05, 0.1) is 23.5 Å². The second-order valence-electron chi connectivity index (χ2n) is 8.85. The zero-order chi connectivity index (χ0) is 23.7. The van der Waals surface area contributed by atoms with Gasteiger partial charge in [-0.2, -0.15) is 5.26 Å². The van der Waals surface area contributed by atoms with Crippen molar-refractivity contribution in [3.63, 3.8) is 0 Å². The molecule has 0 fully saturated rings. The zero-order valence-corrected chi connectivity index (χ0v) is 18.0. The van der Waals surface area contributed by atoms with Gasteiger partial charge in [-0.3, -0.25) is 0 Å². The molecule has 4 nitrogen and oxygen atoms in total. The number of aryl methyl sites for hydroxylation is 1. The van der Waals surface area contributed by atoms with Gasteiger partial charge < -0.3 is 9.67 Å². The molecule has 1 heterocycles. The molecule has 0 bridgehead atoms. The van der Waals surface area contributed by atoms with Gasteiger partial charge in [0.25, 0.3) is 5.92 Å². The first-order valence-electron chi connectivity index (χ1n) is 10.7. The smallest absolute Gasteiger partial charge is 0.281 e. The summed E-state index contributed by atoms with van der Waals surface area (Å²) >= 11 is 0. The molecule has 0 saturated carbocycles. The predicted octanol–water partition coefficient (Wildman–Crippen LogP) is 5.57. The normalized spacial score (nSPS) is 23.2. The Balaban J connectivity index is 1.76. The summed E-state index contributed by atoms with van der Waals surface area (Å²) in [4.78, 5) is 4.24. The SMILES string of the molecule is Cc1ncc(-c2ccc([C@H]3CC[C@H](F)c4cc(F)cc(C#N)c43)c3c2[C@H](O)C(F)(F)C3)n1C. The van der Waals surface area contributed by atoms with Gasteiger partial charge in [-0.1, -0.05) is 12.1 Å². The summed E-state index contributed by atoms with van der Waals surface area (Å²) in [6.07, 6.45) is -2.16. The number of benzene rings is 2. The van der Waals surface area contributed by atoms with Crippen molar-refractivity contribution in [3.05, 3.63) is 75.5 Å². The number of aliphatic hydroxyl groups excluding tert-OH is 1. The molecule has 0 amide bonds. The Morgan fingerprint density at radius 2 is 1.94 bits per heavy atom. The van der Waals surface area contributed by atoms with E-state index in [-0.39, 0.29) is 29.5 Å². The summed E-state index contributed by atoms with van der Waals surface area (Å²) in [5.41, 5.74) is 2.43. The highest BCUT2D eigenvalue weighted by molar-refractivity contribution is 5.70. The molecule has 3 aromatic rings. The molecule has 5 rings (SSSR count). The van der Waals surface area contributed by atoms with Crippen LogP contribution in [0.3, 0.4) is 0 Å². The summed E-state index contributed by atoms with van der Waals surface area (Å²) in [5.74, 6) is -3.94. The molecule has 1 N–H and O–H groups in total. The van der Waals surface area contributed by atoms with Crippen molar-refractivity contribution in [1.29, 1.82) is 5.26 Å². The monoisotopic (exact) mass is 455 g/mol. The van der Waals surface area contributed by atoms with E-state index in [0.717, 1.165) is 12.1 Å². The molecular formula is C25H21F4N3O. The van der Waals surface area contributed by atoms with Crippen molar-refractivity contribution in [2.24, 2.45) is 7.05 Å². The summed E-state index contributed by atoms with van der Waals surface area (Å²) in [6.45, 7) is 1.79. The van der Waals surface area contributed by atoms with Crippen LogP contribution in [0.4, 0.5) is 17.6 Å². The number of nitriles is 1. The molecule has 0 saturated heterocycles. The average molecular weight is 455 g/mol. The third kappa shape index (κ3) is 3.17. The van der Waals surface area contributed by atoms with Gasteiger partial charge in [-0.25, -0.2) is 22.5 Å². The first-order chi connectivity index (χ1) is 15.6. The molecule has 33 heavy (non-hydrogen) atoms. The summed E-state index contributed by atoms with van der Waals surface area (Å²) in [6, 6.07) is 7.47. The fourth-order valence-corrected chi connectivity index (χ4v) is 5.34. The number of aromatic nitrogens is 2. The van der Waals surface area contributed by atoms with E-state index in [9.17, 15) is 27.9 Å². The van der Waals surface area contributed by atoms with Gasteiger partial charge in [0.1, 0.15) is 23.9 Å². The van der Waals surface area contributed by atoms with Gasteiger partial charge in [-0.15, -0.1) is 0 Å². The Labute approximate surface area is 188 Å². The predicted molar refractivity (Wildman–Crippen MR) is 113 cm³/mol. The Kier molecular flexibility index (Phi) is 4.87. The maximum absolute atomic E-state index is 14.8. The summed E-state index contributed by atoms with van der Waals surface area (Å²) in [7, 11) is 1.77. The lowest BCUT2D eigenvalue weighted by molar-refractivity contribution is -0.0966. The third-order valence-electron chi connectivity index (χ3n) is 7.04. The average Bonchev–Trinajstić information content (AvgIpc) is 3.23. The number of halogens is 4. The van der Waals surface area contributed by atoms with Gasteiger partial charge >= 0.3 is 0 Å². The topological polar surface area (TPSA) is 61.8 Å². The molecule has 0 spiro atoms. The molecule has 0 radical (unpaired) electrons. The second-order valence-corrected chi connectivity index (χ2v) is 8.85. The van der Waals surface area contributed by atoms with Crippen molar-refractivity contribution in [1.82, 2.24) is 9.55 Å². The molecule has 2 aromatic carbocycles. The quantitative estimate of drug-likeness (QED) is 0.514. The highest BCUT2D eigenvalue weighted by Gasteiger charge is 2.50. The molecule has 0 aliphatic heterocycles. The lowest BCUT2D eigenvalue weighted by atomic mass is 9.74. The molecule has 1 aromatic heterocycles. The highest BCUT2D eigenvalue weighted by atomic mass is 19.3. The lowest BCUT2D eigenvalue weighted by Gasteiger charge is -2.31. The van der Waals surface area contributed by atoms with E-state index in [1.807, 2.05) is 6.07 Å². The van der Waals surface area contributed by atoms with Crippen molar-refractivity contribution in [2.45, 2.75) is 50.3 Å². The van der Waals surface area contributed by atoms with Gasteiger partial charge in [0.2, 0.25) is 0 Å². The van der Waals surface area contributed by atoms with E-state index in [4.69, 9.17) is 0 Å². The van der Waals surface area contributed by atoms with Crippen LogP contribution in [0.5, 0.6) is 0 Å². The Hall–Kier alpha value is -3.18. The number of rotatable bonds is 2. The molecular weight excluding hydrogens is 434 g/mol. The largest absolute Gasteiger partial charge is 0.382 e. The Bertz CT molecular complexity index is 1320. The lowest BCUT2D eigenvalue weighted by Crippen LogP contribution is -2.22. The maximum atomic E-state index is 14.8. The van der Waals surface area contributed by atoms with Crippen LogP contribution in [0, 0.1) is 24.1 Å². The number of alkyl halides is 3. The first-order valence-corrected chi connectivity index (χ1v) is 10.7.